The summed E-state index contributed by atoms with van der Waals surface area (Å²) >= 11 is 0. The summed E-state index contributed by atoms with van der Waals surface area (Å²) in [4.78, 5) is 19.3. The Kier molecular flexibility index (Phi) is 32.8. The molecule has 0 aliphatic carbocycles. The van der Waals surface area contributed by atoms with Gasteiger partial charge in [-0.1, -0.05) is 0 Å². The molecule has 7 heteroatoms. The summed E-state index contributed by atoms with van der Waals surface area (Å²) in [5.41, 5.74) is 4.50. The number of halogens is 1. The molecule has 0 radical (unpaired) electrons. The molecule has 4 N–H and O–H groups in total. The van der Waals surface area contributed by atoms with Gasteiger partial charge in [-0.25, -0.2) is 0 Å². The normalized spacial score (nSPS) is 6.17. The van der Waals surface area contributed by atoms with Crippen LogP contribution in [0.25, 0.3) is 0 Å². The van der Waals surface area contributed by atoms with Crippen molar-refractivity contribution in [3.63, 3.8) is 0 Å². The molecule has 0 aliphatic heterocycles. The van der Waals surface area contributed by atoms with Crippen molar-refractivity contribution < 1.29 is 50.8 Å². The van der Waals surface area contributed by atoms with Gasteiger partial charge in [0, 0.05) is 0 Å². The summed E-state index contributed by atoms with van der Waals surface area (Å²) < 4.78 is 0. The number of rotatable bonds is 3. The standard InChI is InChI=1S/C4H6O4.CH5N.ClH.Na.H/c5-3(6)1-2-4(7)8;1-2;;;/h1-2H2,(H,5,6)(H,7,8);2H2,1H3;1H;;/q;;;+1;-1. The molecule has 0 fully saturated rings. The van der Waals surface area contributed by atoms with Gasteiger partial charge in [-0.05, 0) is 7.05 Å². The zero-order valence-electron chi connectivity index (χ0n) is 8.11. The van der Waals surface area contributed by atoms with Crippen LogP contribution in [0.2, 0.25) is 0 Å². The van der Waals surface area contributed by atoms with Crippen LogP contribution in [0.15, 0.2) is 0 Å². The molecule has 0 bridgehead atoms. The van der Waals surface area contributed by atoms with E-state index in [9.17, 15) is 9.59 Å². The average molecular weight is 210 g/mol. The second-order valence-corrected chi connectivity index (χ2v) is 1.29. The predicted molar refractivity (Wildman–Crippen MR) is 43.0 cm³/mol. The molecule has 0 atom stereocenters. The van der Waals surface area contributed by atoms with E-state index in [-0.39, 0.29) is 56.2 Å². The van der Waals surface area contributed by atoms with E-state index in [0.717, 1.165) is 0 Å². The van der Waals surface area contributed by atoms with Gasteiger partial charge in [0.25, 0.3) is 0 Å². The summed E-state index contributed by atoms with van der Waals surface area (Å²) in [5.74, 6) is -2.15. The van der Waals surface area contributed by atoms with Crippen LogP contribution >= 0.6 is 12.4 Å². The van der Waals surface area contributed by atoms with Crippen LogP contribution < -0.4 is 35.3 Å². The van der Waals surface area contributed by atoms with Gasteiger partial charge in [0.2, 0.25) is 0 Å². The molecule has 0 amide bonds. The quantitative estimate of drug-likeness (QED) is 0.432. The van der Waals surface area contributed by atoms with E-state index in [4.69, 9.17) is 10.2 Å². The maximum atomic E-state index is 9.64. The molecule has 0 aliphatic rings. The van der Waals surface area contributed by atoms with Crippen LogP contribution in [0.3, 0.4) is 0 Å². The van der Waals surface area contributed by atoms with Crippen molar-refractivity contribution in [3.8, 4) is 0 Å². The Balaban J connectivity index is -0.0000000398. The molecule has 0 saturated carbocycles. The van der Waals surface area contributed by atoms with Crippen molar-refractivity contribution in [1.82, 2.24) is 0 Å². The average Bonchev–Trinajstić information content (AvgIpc) is 1.89. The first-order chi connectivity index (χ1) is 4.63. The van der Waals surface area contributed by atoms with E-state index in [0.29, 0.717) is 0 Å². The summed E-state index contributed by atoms with van der Waals surface area (Å²) in [5, 5.41) is 15.8. The van der Waals surface area contributed by atoms with Crippen molar-refractivity contribution in [2.75, 3.05) is 7.05 Å². The second-order valence-electron chi connectivity index (χ2n) is 1.29. The first-order valence-corrected chi connectivity index (χ1v) is 2.64. The monoisotopic (exact) mass is 209 g/mol. The smallest absolute Gasteiger partial charge is 1.00 e. The predicted octanol–water partition coefficient (Wildman–Crippen LogP) is -2.95. The van der Waals surface area contributed by atoms with Crippen LogP contribution in [-0.2, 0) is 9.59 Å². The van der Waals surface area contributed by atoms with Crippen LogP contribution in [0.4, 0.5) is 0 Å². The van der Waals surface area contributed by atoms with Crippen LogP contribution in [0.5, 0.6) is 0 Å². The molecule has 0 aromatic carbocycles. The zero-order chi connectivity index (χ0) is 8.57. The molecular weight excluding hydrogens is 197 g/mol. The summed E-state index contributed by atoms with van der Waals surface area (Å²) in [6.45, 7) is 0. The van der Waals surface area contributed by atoms with Crippen LogP contribution in [-0.4, -0.2) is 29.2 Å². The van der Waals surface area contributed by atoms with Crippen molar-refractivity contribution in [2.24, 2.45) is 5.73 Å². The number of carbonyl (C=O) groups is 2. The topological polar surface area (TPSA) is 101 Å². The first-order valence-electron chi connectivity index (χ1n) is 2.64. The molecule has 70 valence electrons. The largest absolute Gasteiger partial charge is 1.00 e. The van der Waals surface area contributed by atoms with Gasteiger partial charge in [0.05, 0.1) is 12.8 Å². The Hall–Kier alpha value is 0.190. The minimum absolute atomic E-state index is 0. The minimum Gasteiger partial charge on any atom is -1.00 e. The fraction of sp³-hybridized carbons (Fsp3) is 0.600. The fourth-order valence-electron chi connectivity index (χ4n) is 0.214. The number of aliphatic carboxylic acids is 2. The molecule has 0 aromatic rings. The van der Waals surface area contributed by atoms with Crippen LogP contribution in [0, 0.1) is 0 Å². The molecule has 0 aromatic heterocycles. The molecule has 5 nitrogen and oxygen atoms in total. The Bertz CT molecular complexity index is 113. The van der Waals surface area contributed by atoms with Gasteiger partial charge in [-0.3, -0.25) is 9.59 Å². The Morgan fingerprint density at radius 2 is 1.33 bits per heavy atom. The molecule has 0 rings (SSSR count). The number of hydrogen-bond donors (Lipinski definition) is 3. The zero-order valence-corrected chi connectivity index (χ0v) is 9.93. The Morgan fingerprint density at radius 3 is 1.42 bits per heavy atom. The summed E-state index contributed by atoms with van der Waals surface area (Å²) in [7, 11) is 1.50. The van der Waals surface area contributed by atoms with Gasteiger partial charge in [-0.2, -0.15) is 0 Å². The number of hydrogen-bond acceptors (Lipinski definition) is 3. The van der Waals surface area contributed by atoms with Gasteiger partial charge in [0.1, 0.15) is 0 Å². The Labute approximate surface area is 101 Å². The SMILES string of the molecule is CN.Cl.O=C(O)CCC(=O)O.[H-].[Na+]. The third-order valence-electron chi connectivity index (χ3n) is 0.553. The maximum Gasteiger partial charge on any atom is 1.00 e. The van der Waals surface area contributed by atoms with E-state index in [1.54, 1.807) is 0 Å². The van der Waals surface area contributed by atoms with Crippen molar-refractivity contribution in [2.45, 2.75) is 12.8 Å². The molecule has 0 unspecified atom stereocenters. The van der Waals surface area contributed by atoms with Gasteiger partial charge in [-0.15, -0.1) is 12.4 Å². The van der Waals surface area contributed by atoms with Crippen molar-refractivity contribution in [1.29, 1.82) is 0 Å². The van der Waals surface area contributed by atoms with Gasteiger partial charge in [0.15, 0.2) is 0 Å². The van der Waals surface area contributed by atoms with E-state index in [2.05, 4.69) is 5.73 Å². The minimum atomic E-state index is -1.08. The molecule has 0 spiro atoms. The van der Waals surface area contributed by atoms with E-state index < -0.39 is 11.9 Å². The number of carboxylic acids is 2. The number of nitrogens with two attached hydrogens (primary N) is 1. The molecule has 0 heterocycles. The summed E-state index contributed by atoms with van der Waals surface area (Å²) in [6, 6.07) is 0. The van der Waals surface area contributed by atoms with Crippen molar-refractivity contribution in [3.05, 3.63) is 0 Å². The van der Waals surface area contributed by atoms with E-state index in [1.165, 1.54) is 7.05 Å². The van der Waals surface area contributed by atoms with E-state index >= 15 is 0 Å². The maximum absolute atomic E-state index is 9.64. The fourth-order valence-corrected chi connectivity index (χ4v) is 0.214. The second kappa shape index (κ2) is 17.3. The van der Waals surface area contributed by atoms with Gasteiger partial charge < -0.3 is 17.4 Å². The number of carboxylic acid groups (broad SMARTS) is 2. The Morgan fingerprint density at radius 1 is 1.17 bits per heavy atom. The molecular formula is C5H13ClNNaO4. The first kappa shape index (κ1) is 22.8. The third kappa shape index (κ3) is 31.9. The van der Waals surface area contributed by atoms with Gasteiger partial charge >= 0.3 is 41.5 Å². The van der Waals surface area contributed by atoms with Crippen molar-refractivity contribution >= 4 is 24.3 Å². The molecule has 12 heavy (non-hydrogen) atoms. The van der Waals surface area contributed by atoms with E-state index in [1.807, 2.05) is 0 Å². The van der Waals surface area contributed by atoms with Crippen LogP contribution in [0.1, 0.15) is 14.3 Å². The third-order valence-corrected chi connectivity index (χ3v) is 0.553. The summed E-state index contributed by atoms with van der Waals surface area (Å²) in [6.07, 6.45) is -0.593. The molecule has 0 saturated heterocycles.